The molecule has 32 heavy (non-hydrogen) atoms. The molecule has 0 saturated carbocycles. The highest BCUT2D eigenvalue weighted by Gasteiger charge is 2.43. The van der Waals surface area contributed by atoms with Crippen molar-refractivity contribution in [2.45, 2.75) is 37.8 Å². The Bertz CT molecular complexity index is 985. The number of hydrogen-bond donors (Lipinski definition) is 1. The molecular weight excluding hydrogens is 412 g/mol. The van der Waals surface area contributed by atoms with Crippen molar-refractivity contribution in [2.24, 2.45) is 0 Å². The lowest BCUT2D eigenvalue weighted by Gasteiger charge is -2.27. The predicted molar refractivity (Wildman–Crippen MR) is 115 cm³/mol. The van der Waals surface area contributed by atoms with Crippen molar-refractivity contribution in [2.75, 3.05) is 7.11 Å². The maximum absolute atomic E-state index is 13.3. The van der Waals surface area contributed by atoms with Gasteiger partial charge in [-0.3, -0.25) is 19.3 Å². The van der Waals surface area contributed by atoms with Crippen LogP contribution in [0.25, 0.3) is 0 Å². The number of methoxy groups -OCH3 is 1. The molecule has 2 aromatic rings. The summed E-state index contributed by atoms with van der Waals surface area (Å²) in [6.07, 6.45) is 1.61. The first-order chi connectivity index (χ1) is 15.5. The molecule has 0 radical (unpaired) electrons. The summed E-state index contributed by atoms with van der Waals surface area (Å²) in [5.41, 5.74) is 1.22. The third-order valence-corrected chi connectivity index (χ3v) is 5.33. The van der Waals surface area contributed by atoms with Gasteiger partial charge < -0.3 is 14.8 Å². The van der Waals surface area contributed by atoms with Gasteiger partial charge in [-0.1, -0.05) is 42.5 Å². The number of nitrogens with zero attached hydrogens (tertiary/aromatic N) is 1. The second-order valence-corrected chi connectivity index (χ2v) is 7.41. The SMILES string of the molecule is COC(=O)[C@H](CCCC=O)NC(=O)C(Cc1ccccc1)N1C(=O)c2ccccc2C1=O. The summed E-state index contributed by atoms with van der Waals surface area (Å²) >= 11 is 0. The van der Waals surface area contributed by atoms with Crippen LogP contribution in [0.1, 0.15) is 45.5 Å². The Morgan fingerprint density at radius 2 is 1.59 bits per heavy atom. The third kappa shape index (κ3) is 4.91. The van der Waals surface area contributed by atoms with Gasteiger partial charge in [0, 0.05) is 12.8 Å². The van der Waals surface area contributed by atoms with Crippen LogP contribution >= 0.6 is 0 Å². The quantitative estimate of drug-likeness (QED) is 0.264. The molecule has 1 heterocycles. The zero-order valence-corrected chi connectivity index (χ0v) is 17.7. The van der Waals surface area contributed by atoms with Crippen LogP contribution in [0.15, 0.2) is 54.6 Å². The summed E-state index contributed by atoms with van der Waals surface area (Å²) in [5, 5.41) is 2.62. The number of carbonyl (C=O) groups is 5. The Balaban J connectivity index is 1.90. The van der Waals surface area contributed by atoms with Crippen molar-refractivity contribution in [1.82, 2.24) is 10.2 Å². The first-order valence-electron chi connectivity index (χ1n) is 10.3. The standard InChI is InChI=1S/C24H24N2O6/c1-32-24(31)19(13-7-8-14-27)25-21(28)20(15-16-9-3-2-4-10-16)26-22(29)17-11-5-6-12-18(17)23(26)30/h2-6,9-12,14,19-20H,7-8,13,15H2,1H3,(H,25,28)/t19-,20?/m0/s1. The summed E-state index contributed by atoms with van der Waals surface area (Å²) in [7, 11) is 1.20. The van der Waals surface area contributed by atoms with E-state index in [2.05, 4.69) is 5.32 Å². The van der Waals surface area contributed by atoms with Crippen molar-refractivity contribution >= 4 is 30.0 Å². The summed E-state index contributed by atoms with van der Waals surface area (Å²) in [5.74, 6) is -2.43. The van der Waals surface area contributed by atoms with Gasteiger partial charge in [-0.25, -0.2) is 4.79 Å². The van der Waals surface area contributed by atoms with Crippen LogP contribution in [0, 0.1) is 0 Å². The zero-order chi connectivity index (χ0) is 23.1. The number of carbonyl (C=O) groups excluding carboxylic acids is 5. The van der Waals surface area contributed by atoms with Gasteiger partial charge in [-0.05, 0) is 30.5 Å². The van der Waals surface area contributed by atoms with Crippen molar-refractivity contribution in [1.29, 1.82) is 0 Å². The molecule has 0 saturated heterocycles. The lowest BCUT2D eigenvalue weighted by atomic mass is 10.0. The lowest BCUT2D eigenvalue weighted by molar-refractivity contribution is -0.145. The number of nitrogens with one attached hydrogen (secondary N) is 1. The molecule has 2 aromatic carbocycles. The van der Waals surface area contributed by atoms with Crippen molar-refractivity contribution in [3.05, 3.63) is 71.3 Å². The highest BCUT2D eigenvalue weighted by Crippen LogP contribution is 2.26. The largest absolute Gasteiger partial charge is 0.467 e. The maximum atomic E-state index is 13.3. The van der Waals surface area contributed by atoms with E-state index < -0.39 is 35.8 Å². The third-order valence-electron chi connectivity index (χ3n) is 5.33. The van der Waals surface area contributed by atoms with E-state index in [4.69, 9.17) is 4.74 Å². The molecule has 166 valence electrons. The molecule has 0 aromatic heterocycles. The Morgan fingerprint density at radius 3 is 2.16 bits per heavy atom. The summed E-state index contributed by atoms with van der Waals surface area (Å²) in [6, 6.07) is 13.2. The molecule has 8 nitrogen and oxygen atoms in total. The van der Waals surface area contributed by atoms with Gasteiger partial charge in [0.1, 0.15) is 18.4 Å². The predicted octanol–water partition coefficient (Wildman–Crippen LogP) is 1.92. The number of amides is 3. The average Bonchev–Trinajstić information content (AvgIpc) is 3.07. The van der Waals surface area contributed by atoms with E-state index in [-0.39, 0.29) is 30.4 Å². The molecule has 8 heteroatoms. The molecule has 1 aliphatic heterocycles. The minimum absolute atomic E-state index is 0.0837. The molecule has 2 atom stereocenters. The van der Waals surface area contributed by atoms with Crippen LogP contribution in [0.4, 0.5) is 0 Å². The van der Waals surface area contributed by atoms with Gasteiger partial charge in [0.25, 0.3) is 11.8 Å². The highest BCUT2D eigenvalue weighted by atomic mass is 16.5. The number of rotatable bonds is 10. The summed E-state index contributed by atoms with van der Waals surface area (Å²) < 4.78 is 4.77. The molecule has 3 rings (SSSR count). The average molecular weight is 436 g/mol. The molecular formula is C24H24N2O6. The number of hydrogen-bond acceptors (Lipinski definition) is 6. The first-order valence-corrected chi connectivity index (χ1v) is 10.3. The molecule has 0 spiro atoms. The molecule has 0 bridgehead atoms. The molecule has 1 aliphatic rings. The van der Waals surface area contributed by atoms with Gasteiger partial charge in [0.05, 0.1) is 18.2 Å². The van der Waals surface area contributed by atoms with Gasteiger partial charge >= 0.3 is 5.97 Å². The van der Waals surface area contributed by atoms with E-state index in [1.807, 2.05) is 6.07 Å². The number of benzene rings is 2. The fourth-order valence-corrected chi connectivity index (χ4v) is 3.69. The van der Waals surface area contributed by atoms with Gasteiger partial charge in [-0.2, -0.15) is 0 Å². The summed E-state index contributed by atoms with van der Waals surface area (Å²) in [6.45, 7) is 0. The Morgan fingerprint density at radius 1 is 1.00 bits per heavy atom. The zero-order valence-electron chi connectivity index (χ0n) is 17.7. The van der Waals surface area contributed by atoms with E-state index in [1.54, 1.807) is 48.5 Å². The Kier molecular flexibility index (Phi) is 7.49. The van der Waals surface area contributed by atoms with Crippen LogP contribution in [0.2, 0.25) is 0 Å². The van der Waals surface area contributed by atoms with E-state index in [9.17, 15) is 24.0 Å². The van der Waals surface area contributed by atoms with Crippen LogP contribution < -0.4 is 5.32 Å². The van der Waals surface area contributed by atoms with E-state index in [0.29, 0.717) is 6.42 Å². The van der Waals surface area contributed by atoms with Crippen LogP contribution in [-0.2, 0) is 25.5 Å². The topological polar surface area (TPSA) is 110 Å². The first kappa shape index (κ1) is 22.9. The number of imide groups is 1. The Labute approximate surface area is 185 Å². The fourth-order valence-electron chi connectivity index (χ4n) is 3.69. The molecule has 0 aliphatic carbocycles. The van der Waals surface area contributed by atoms with Crippen molar-refractivity contribution in [3.63, 3.8) is 0 Å². The normalized spacial score (nSPS) is 14.5. The van der Waals surface area contributed by atoms with Crippen LogP contribution in [0.3, 0.4) is 0 Å². The molecule has 1 N–H and O–H groups in total. The number of fused-ring (bicyclic) bond motifs is 1. The number of unbranched alkanes of at least 4 members (excludes halogenated alkanes) is 1. The van der Waals surface area contributed by atoms with E-state index in [1.165, 1.54) is 7.11 Å². The molecule has 3 amide bonds. The van der Waals surface area contributed by atoms with Gasteiger partial charge in [-0.15, -0.1) is 0 Å². The minimum Gasteiger partial charge on any atom is -0.467 e. The van der Waals surface area contributed by atoms with Crippen molar-refractivity contribution < 1.29 is 28.7 Å². The minimum atomic E-state index is -1.16. The second kappa shape index (κ2) is 10.5. The van der Waals surface area contributed by atoms with E-state index >= 15 is 0 Å². The number of ether oxygens (including phenoxy) is 1. The maximum Gasteiger partial charge on any atom is 0.328 e. The van der Waals surface area contributed by atoms with E-state index in [0.717, 1.165) is 16.7 Å². The van der Waals surface area contributed by atoms with Gasteiger partial charge in [0.2, 0.25) is 5.91 Å². The molecule has 0 fully saturated rings. The number of aldehydes is 1. The van der Waals surface area contributed by atoms with Gasteiger partial charge in [0.15, 0.2) is 0 Å². The van der Waals surface area contributed by atoms with Crippen LogP contribution in [0.5, 0.6) is 0 Å². The highest BCUT2D eigenvalue weighted by molar-refractivity contribution is 6.22. The second-order valence-electron chi connectivity index (χ2n) is 7.41. The fraction of sp³-hybridized carbons (Fsp3) is 0.292. The summed E-state index contributed by atoms with van der Waals surface area (Å²) in [4.78, 5) is 63.1. The lowest BCUT2D eigenvalue weighted by Crippen LogP contribution is -2.54. The van der Waals surface area contributed by atoms with Crippen LogP contribution in [-0.4, -0.2) is 54.1 Å². The monoisotopic (exact) mass is 436 g/mol. The Hall–Kier alpha value is -3.81. The van der Waals surface area contributed by atoms with Crippen molar-refractivity contribution in [3.8, 4) is 0 Å². The number of esters is 1. The smallest absolute Gasteiger partial charge is 0.328 e. The molecule has 1 unspecified atom stereocenters.